The molecule has 0 radical (unpaired) electrons. The van der Waals surface area contributed by atoms with Crippen LogP contribution in [0.15, 0.2) is 49.1 Å². The molecule has 2 fully saturated rings. The first-order chi connectivity index (χ1) is 12.2. The molecular weight excluding hydrogens is 316 g/mol. The molecular formula is C19H20N4O2. The van der Waals surface area contributed by atoms with Crippen molar-refractivity contribution in [3.8, 4) is 0 Å². The highest BCUT2D eigenvalue weighted by Gasteiger charge is 2.49. The molecule has 2 aliphatic rings. The Morgan fingerprint density at radius 3 is 2.48 bits per heavy atom. The molecule has 4 rings (SSSR count). The normalized spacial score (nSPS) is 22.0. The standard InChI is InChI=1S/C19H20N4O2/c24-17-11-16(14-3-1-7-20-12-14)19(22-17)5-9-23(10-6-19)18(25)15-4-2-8-21-13-15/h1-4,7-8,12-13,16H,5-6,9-11H2,(H,22,24)/t16-/m0/s1. The van der Waals surface area contributed by atoms with Gasteiger partial charge in [0.15, 0.2) is 0 Å². The molecule has 6 heteroatoms. The zero-order valence-corrected chi connectivity index (χ0v) is 13.9. The summed E-state index contributed by atoms with van der Waals surface area (Å²) in [4.78, 5) is 34.8. The molecule has 2 aliphatic heterocycles. The number of likely N-dealkylation sites (tertiary alicyclic amines) is 1. The number of piperidine rings is 1. The van der Waals surface area contributed by atoms with E-state index in [1.807, 2.05) is 23.2 Å². The zero-order valence-electron chi connectivity index (χ0n) is 13.9. The monoisotopic (exact) mass is 336 g/mol. The number of rotatable bonds is 2. The van der Waals surface area contributed by atoms with Crippen molar-refractivity contribution in [2.24, 2.45) is 0 Å². The van der Waals surface area contributed by atoms with E-state index in [0.29, 0.717) is 25.1 Å². The second-order valence-corrected chi connectivity index (χ2v) is 6.78. The first-order valence-electron chi connectivity index (χ1n) is 8.58. The van der Waals surface area contributed by atoms with Crippen molar-refractivity contribution >= 4 is 11.8 Å². The van der Waals surface area contributed by atoms with Crippen LogP contribution in [0.4, 0.5) is 0 Å². The Balaban J connectivity index is 1.51. The number of carbonyl (C=O) groups is 2. The van der Waals surface area contributed by atoms with Gasteiger partial charge < -0.3 is 10.2 Å². The minimum absolute atomic E-state index is 0.00482. The lowest BCUT2D eigenvalue weighted by molar-refractivity contribution is -0.120. The van der Waals surface area contributed by atoms with Gasteiger partial charge in [-0.15, -0.1) is 0 Å². The van der Waals surface area contributed by atoms with Crippen molar-refractivity contribution < 1.29 is 9.59 Å². The van der Waals surface area contributed by atoms with E-state index in [2.05, 4.69) is 15.3 Å². The summed E-state index contributed by atoms with van der Waals surface area (Å²) in [5.74, 6) is 0.204. The summed E-state index contributed by atoms with van der Waals surface area (Å²) in [6.07, 6.45) is 8.85. The Morgan fingerprint density at radius 2 is 1.84 bits per heavy atom. The lowest BCUT2D eigenvalue weighted by atomic mass is 9.74. The molecule has 6 nitrogen and oxygen atoms in total. The summed E-state index contributed by atoms with van der Waals surface area (Å²) in [6, 6.07) is 7.50. The molecule has 1 N–H and O–H groups in total. The molecule has 0 bridgehead atoms. The van der Waals surface area contributed by atoms with E-state index in [1.165, 1.54) is 0 Å². The van der Waals surface area contributed by atoms with Gasteiger partial charge in [0.2, 0.25) is 5.91 Å². The second-order valence-electron chi connectivity index (χ2n) is 6.78. The Hall–Kier alpha value is -2.76. The molecule has 2 amide bonds. The lowest BCUT2D eigenvalue weighted by Gasteiger charge is -2.42. The van der Waals surface area contributed by atoms with Gasteiger partial charge in [-0.05, 0) is 36.6 Å². The quantitative estimate of drug-likeness (QED) is 0.907. The Labute approximate surface area is 146 Å². The van der Waals surface area contributed by atoms with Crippen LogP contribution in [0, 0.1) is 0 Å². The fraction of sp³-hybridized carbons (Fsp3) is 0.368. The van der Waals surface area contributed by atoms with Gasteiger partial charge >= 0.3 is 0 Å². The van der Waals surface area contributed by atoms with Crippen molar-refractivity contribution in [3.05, 3.63) is 60.2 Å². The topological polar surface area (TPSA) is 75.2 Å². The summed E-state index contributed by atoms with van der Waals surface area (Å²) in [5, 5.41) is 3.20. The van der Waals surface area contributed by atoms with Crippen LogP contribution in [-0.2, 0) is 4.79 Å². The number of nitrogens with one attached hydrogen (secondary N) is 1. The molecule has 2 aromatic heterocycles. The predicted octanol–water partition coefficient (Wildman–Crippen LogP) is 1.76. The molecule has 25 heavy (non-hydrogen) atoms. The van der Waals surface area contributed by atoms with Gasteiger partial charge in [0, 0.05) is 50.2 Å². The fourth-order valence-electron chi connectivity index (χ4n) is 4.07. The lowest BCUT2D eigenvalue weighted by Crippen LogP contribution is -2.54. The molecule has 0 unspecified atom stereocenters. The van der Waals surface area contributed by atoms with Crippen molar-refractivity contribution in [3.63, 3.8) is 0 Å². The summed E-state index contributed by atoms with van der Waals surface area (Å²) in [5.41, 5.74) is 1.43. The van der Waals surface area contributed by atoms with Crippen molar-refractivity contribution in [1.29, 1.82) is 0 Å². The fourth-order valence-corrected chi connectivity index (χ4v) is 4.07. The highest BCUT2D eigenvalue weighted by Crippen LogP contribution is 2.43. The van der Waals surface area contributed by atoms with Gasteiger partial charge in [-0.3, -0.25) is 19.6 Å². The molecule has 1 atom stereocenters. The minimum Gasteiger partial charge on any atom is -0.350 e. The highest BCUT2D eigenvalue weighted by molar-refractivity contribution is 5.94. The average molecular weight is 336 g/mol. The maximum atomic E-state index is 12.6. The average Bonchev–Trinajstić information content (AvgIpc) is 2.99. The first kappa shape index (κ1) is 15.7. The number of pyridine rings is 2. The molecule has 2 saturated heterocycles. The SMILES string of the molecule is O=C1C[C@@H](c2cccnc2)C2(CCN(C(=O)c3cccnc3)CC2)N1. The van der Waals surface area contributed by atoms with Crippen LogP contribution in [-0.4, -0.2) is 45.3 Å². The Kier molecular flexibility index (Phi) is 3.95. The molecule has 4 heterocycles. The van der Waals surface area contributed by atoms with Crippen LogP contribution in [0.25, 0.3) is 0 Å². The molecule has 0 aromatic carbocycles. The smallest absolute Gasteiger partial charge is 0.255 e. The number of nitrogens with zero attached hydrogens (tertiary/aromatic N) is 3. The van der Waals surface area contributed by atoms with Gasteiger partial charge in [-0.2, -0.15) is 0 Å². The van der Waals surface area contributed by atoms with E-state index < -0.39 is 0 Å². The molecule has 2 aromatic rings. The summed E-state index contributed by atoms with van der Waals surface area (Å²) in [7, 11) is 0. The van der Waals surface area contributed by atoms with Gasteiger partial charge in [-0.25, -0.2) is 0 Å². The largest absolute Gasteiger partial charge is 0.350 e. The number of hydrogen-bond donors (Lipinski definition) is 1. The maximum Gasteiger partial charge on any atom is 0.255 e. The van der Waals surface area contributed by atoms with E-state index in [-0.39, 0.29) is 23.3 Å². The maximum absolute atomic E-state index is 12.6. The van der Waals surface area contributed by atoms with Crippen LogP contribution in [0.5, 0.6) is 0 Å². The third kappa shape index (κ3) is 2.88. The third-order valence-electron chi connectivity index (χ3n) is 5.38. The molecule has 0 aliphatic carbocycles. The van der Waals surface area contributed by atoms with Crippen LogP contribution in [0.3, 0.4) is 0 Å². The summed E-state index contributed by atoms with van der Waals surface area (Å²) in [6.45, 7) is 1.26. The van der Waals surface area contributed by atoms with Crippen LogP contribution < -0.4 is 5.32 Å². The molecule has 0 saturated carbocycles. The van der Waals surface area contributed by atoms with Crippen LogP contribution in [0.1, 0.15) is 41.1 Å². The number of aromatic nitrogens is 2. The van der Waals surface area contributed by atoms with E-state index in [1.54, 1.807) is 30.7 Å². The van der Waals surface area contributed by atoms with Gasteiger partial charge in [-0.1, -0.05) is 6.07 Å². The predicted molar refractivity (Wildman–Crippen MR) is 91.8 cm³/mol. The Morgan fingerprint density at radius 1 is 1.12 bits per heavy atom. The Bertz CT molecular complexity index is 771. The first-order valence-corrected chi connectivity index (χ1v) is 8.58. The van der Waals surface area contributed by atoms with Crippen molar-refractivity contribution in [1.82, 2.24) is 20.2 Å². The summed E-state index contributed by atoms with van der Waals surface area (Å²) >= 11 is 0. The summed E-state index contributed by atoms with van der Waals surface area (Å²) < 4.78 is 0. The van der Waals surface area contributed by atoms with Gasteiger partial charge in [0.25, 0.3) is 5.91 Å². The minimum atomic E-state index is -0.272. The van der Waals surface area contributed by atoms with Crippen LogP contribution >= 0.6 is 0 Å². The zero-order chi connectivity index (χ0) is 17.3. The van der Waals surface area contributed by atoms with E-state index in [0.717, 1.165) is 18.4 Å². The number of carbonyl (C=O) groups excluding carboxylic acids is 2. The molecule has 1 spiro atoms. The number of hydrogen-bond acceptors (Lipinski definition) is 4. The van der Waals surface area contributed by atoms with Crippen LogP contribution in [0.2, 0.25) is 0 Å². The van der Waals surface area contributed by atoms with E-state index in [4.69, 9.17) is 0 Å². The van der Waals surface area contributed by atoms with E-state index in [9.17, 15) is 9.59 Å². The second kappa shape index (κ2) is 6.27. The molecule has 128 valence electrons. The third-order valence-corrected chi connectivity index (χ3v) is 5.38. The highest BCUT2D eigenvalue weighted by atomic mass is 16.2. The number of amides is 2. The van der Waals surface area contributed by atoms with Gasteiger partial charge in [0.1, 0.15) is 0 Å². The van der Waals surface area contributed by atoms with E-state index >= 15 is 0 Å². The van der Waals surface area contributed by atoms with Gasteiger partial charge in [0.05, 0.1) is 11.1 Å². The van der Waals surface area contributed by atoms with Crippen molar-refractivity contribution in [2.45, 2.75) is 30.7 Å². The van der Waals surface area contributed by atoms with Crippen molar-refractivity contribution in [2.75, 3.05) is 13.1 Å².